The minimum atomic E-state index is -0.458. The smallest absolute Gasteiger partial charge is 0.227 e. The number of benzene rings is 1. The molecule has 3 heterocycles. The molecule has 0 saturated carbocycles. The number of piperazine rings is 1. The fourth-order valence-electron chi connectivity index (χ4n) is 3.19. The fourth-order valence-corrected chi connectivity index (χ4v) is 3.19. The van der Waals surface area contributed by atoms with Crippen LogP contribution in [0.15, 0.2) is 29.4 Å². The molecule has 2 aliphatic rings. The number of nitrogens with one attached hydrogen (secondary N) is 2. The van der Waals surface area contributed by atoms with Crippen LogP contribution in [0.2, 0.25) is 0 Å². The van der Waals surface area contributed by atoms with Gasteiger partial charge in [-0.2, -0.15) is 4.98 Å². The molecule has 4 rings (SSSR count). The number of aliphatic imine (C=N–C) groups is 1. The van der Waals surface area contributed by atoms with Crippen molar-refractivity contribution in [3.63, 3.8) is 0 Å². The average molecular weight is 340 g/mol. The lowest BCUT2D eigenvalue weighted by Gasteiger charge is -2.33. The molecule has 2 aliphatic heterocycles. The van der Waals surface area contributed by atoms with Crippen LogP contribution in [0.4, 0.5) is 21.8 Å². The molecule has 130 valence electrons. The van der Waals surface area contributed by atoms with E-state index in [1.165, 1.54) is 11.8 Å². The molecule has 0 amide bonds. The van der Waals surface area contributed by atoms with Crippen LogP contribution in [0, 0.1) is 5.82 Å². The van der Waals surface area contributed by atoms with Crippen molar-refractivity contribution in [2.75, 3.05) is 29.9 Å². The molecule has 0 bridgehead atoms. The van der Waals surface area contributed by atoms with E-state index < -0.39 is 5.82 Å². The van der Waals surface area contributed by atoms with Gasteiger partial charge in [0.05, 0.1) is 12.7 Å². The Morgan fingerprint density at radius 1 is 1.40 bits per heavy atom. The van der Waals surface area contributed by atoms with Crippen LogP contribution in [0.3, 0.4) is 0 Å². The van der Waals surface area contributed by atoms with E-state index >= 15 is 0 Å². The SMILES string of the molecule is CCC1CN(c2ncc(F)c(Nc3ccc4c(c3)C=NC4)n2)CCN1. The molecular weight excluding hydrogens is 319 g/mol. The second kappa shape index (κ2) is 6.76. The molecule has 0 radical (unpaired) electrons. The Hall–Kier alpha value is -2.54. The second-order valence-corrected chi connectivity index (χ2v) is 6.38. The first kappa shape index (κ1) is 16.0. The minimum Gasteiger partial charge on any atom is -0.338 e. The highest BCUT2D eigenvalue weighted by Crippen LogP contribution is 2.24. The Morgan fingerprint density at radius 2 is 2.32 bits per heavy atom. The minimum absolute atomic E-state index is 0.200. The molecule has 1 unspecified atom stereocenters. The number of rotatable bonds is 4. The van der Waals surface area contributed by atoms with E-state index in [0.717, 1.165) is 37.3 Å². The summed E-state index contributed by atoms with van der Waals surface area (Å²) in [6.07, 6.45) is 4.12. The number of hydrogen-bond acceptors (Lipinski definition) is 6. The van der Waals surface area contributed by atoms with Gasteiger partial charge in [0.2, 0.25) is 5.95 Å². The van der Waals surface area contributed by atoms with Gasteiger partial charge in [0, 0.05) is 37.6 Å². The highest BCUT2D eigenvalue weighted by molar-refractivity contribution is 5.86. The number of aromatic nitrogens is 2. The van der Waals surface area contributed by atoms with Crippen molar-refractivity contribution in [1.29, 1.82) is 0 Å². The zero-order valence-electron chi connectivity index (χ0n) is 14.2. The molecule has 7 heteroatoms. The van der Waals surface area contributed by atoms with Crippen LogP contribution in [0.25, 0.3) is 0 Å². The first-order chi connectivity index (χ1) is 12.2. The number of halogens is 1. The van der Waals surface area contributed by atoms with E-state index in [2.05, 4.69) is 37.4 Å². The van der Waals surface area contributed by atoms with Crippen molar-refractivity contribution in [2.45, 2.75) is 25.9 Å². The standard InChI is InChI=1S/C18H21FN6/c1-2-14-11-25(6-5-21-14)18-22-10-16(19)17(24-18)23-15-4-3-12-8-20-9-13(12)7-15/h3-4,7,9-10,14,21H,2,5-6,8,11H2,1H3,(H,22,23,24). The van der Waals surface area contributed by atoms with Crippen molar-refractivity contribution >= 4 is 23.7 Å². The van der Waals surface area contributed by atoms with Crippen LogP contribution >= 0.6 is 0 Å². The van der Waals surface area contributed by atoms with E-state index in [-0.39, 0.29) is 5.82 Å². The Labute approximate surface area is 146 Å². The van der Waals surface area contributed by atoms with Crippen molar-refractivity contribution < 1.29 is 4.39 Å². The summed E-state index contributed by atoms with van der Waals surface area (Å²) in [6, 6.07) is 6.31. The Bertz CT molecular complexity index is 806. The third-order valence-corrected chi connectivity index (χ3v) is 4.66. The third-order valence-electron chi connectivity index (χ3n) is 4.66. The summed E-state index contributed by atoms with van der Waals surface area (Å²) < 4.78 is 14.2. The zero-order chi connectivity index (χ0) is 17.2. The van der Waals surface area contributed by atoms with Gasteiger partial charge < -0.3 is 15.5 Å². The average Bonchev–Trinajstić information content (AvgIpc) is 3.11. The Balaban J connectivity index is 1.56. The molecule has 2 N–H and O–H groups in total. The first-order valence-corrected chi connectivity index (χ1v) is 8.63. The topological polar surface area (TPSA) is 65.4 Å². The van der Waals surface area contributed by atoms with Gasteiger partial charge in [0.25, 0.3) is 0 Å². The number of anilines is 3. The summed E-state index contributed by atoms with van der Waals surface area (Å²) in [5, 5.41) is 6.54. The molecule has 1 aromatic heterocycles. The molecule has 1 aromatic carbocycles. The molecule has 2 aromatic rings. The maximum atomic E-state index is 14.2. The predicted octanol–water partition coefficient (Wildman–Crippen LogP) is 2.48. The quantitative estimate of drug-likeness (QED) is 0.895. The maximum absolute atomic E-state index is 14.2. The molecule has 1 fully saturated rings. The predicted molar refractivity (Wildman–Crippen MR) is 97.3 cm³/mol. The molecule has 1 atom stereocenters. The lowest BCUT2D eigenvalue weighted by Crippen LogP contribution is -2.51. The lowest BCUT2D eigenvalue weighted by atomic mass is 10.1. The van der Waals surface area contributed by atoms with Crippen molar-refractivity contribution in [1.82, 2.24) is 15.3 Å². The molecule has 6 nitrogen and oxygen atoms in total. The van der Waals surface area contributed by atoms with Crippen molar-refractivity contribution in [3.05, 3.63) is 41.3 Å². The molecule has 0 spiro atoms. The van der Waals surface area contributed by atoms with Gasteiger partial charge in [0.1, 0.15) is 0 Å². The van der Waals surface area contributed by atoms with Crippen LogP contribution in [-0.4, -0.2) is 41.9 Å². The number of fused-ring (bicyclic) bond motifs is 1. The summed E-state index contributed by atoms with van der Waals surface area (Å²) in [7, 11) is 0. The highest BCUT2D eigenvalue weighted by atomic mass is 19.1. The highest BCUT2D eigenvalue weighted by Gasteiger charge is 2.21. The Kier molecular flexibility index (Phi) is 4.31. The third kappa shape index (κ3) is 3.32. The molecule has 25 heavy (non-hydrogen) atoms. The largest absolute Gasteiger partial charge is 0.338 e. The number of nitrogens with zero attached hydrogens (tertiary/aromatic N) is 4. The normalized spacial score (nSPS) is 19.1. The second-order valence-electron chi connectivity index (χ2n) is 6.38. The van der Waals surface area contributed by atoms with Crippen LogP contribution < -0.4 is 15.5 Å². The Morgan fingerprint density at radius 3 is 3.20 bits per heavy atom. The van der Waals surface area contributed by atoms with Crippen LogP contribution in [-0.2, 0) is 6.54 Å². The van der Waals surface area contributed by atoms with E-state index in [0.29, 0.717) is 18.5 Å². The van der Waals surface area contributed by atoms with Crippen molar-refractivity contribution in [2.24, 2.45) is 4.99 Å². The molecule has 0 aliphatic carbocycles. The van der Waals surface area contributed by atoms with Gasteiger partial charge >= 0.3 is 0 Å². The van der Waals surface area contributed by atoms with Gasteiger partial charge in [-0.25, -0.2) is 9.37 Å². The van der Waals surface area contributed by atoms with E-state index in [1.807, 2.05) is 24.4 Å². The first-order valence-electron chi connectivity index (χ1n) is 8.63. The van der Waals surface area contributed by atoms with Gasteiger partial charge in [0.15, 0.2) is 11.6 Å². The summed E-state index contributed by atoms with van der Waals surface area (Å²) in [4.78, 5) is 14.9. The summed E-state index contributed by atoms with van der Waals surface area (Å²) >= 11 is 0. The lowest BCUT2D eigenvalue weighted by molar-refractivity contribution is 0.442. The molecule has 1 saturated heterocycles. The maximum Gasteiger partial charge on any atom is 0.227 e. The fraction of sp³-hybridized carbons (Fsp3) is 0.389. The van der Waals surface area contributed by atoms with E-state index in [1.54, 1.807) is 0 Å². The monoisotopic (exact) mass is 340 g/mol. The van der Waals surface area contributed by atoms with E-state index in [4.69, 9.17) is 0 Å². The molecular formula is C18H21FN6. The summed E-state index contributed by atoms with van der Waals surface area (Å²) in [6.45, 7) is 5.39. The summed E-state index contributed by atoms with van der Waals surface area (Å²) in [5.74, 6) is 0.304. The van der Waals surface area contributed by atoms with Gasteiger partial charge in [-0.05, 0) is 29.7 Å². The van der Waals surface area contributed by atoms with Gasteiger partial charge in [-0.1, -0.05) is 13.0 Å². The van der Waals surface area contributed by atoms with Crippen molar-refractivity contribution in [3.8, 4) is 0 Å². The van der Waals surface area contributed by atoms with Crippen LogP contribution in [0.5, 0.6) is 0 Å². The number of hydrogen-bond donors (Lipinski definition) is 2. The van der Waals surface area contributed by atoms with Gasteiger partial charge in [-0.3, -0.25) is 4.99 Å². The van der Waals surface area contributed by atoms with E-state index in [9.17, 15) is 4.39 Å². The van der Waals surface area contributed by atoms with Crippen LogP contribution in [0.1, 0.15) is 24.5 Å². The summed E-state index contributed by atoms with van der Waals surface area (Å²) in [5.41, 5.74) is 3.04. The van der Waals surface area contributed by atoms with Gasteiger partial charge in [-0.15, -0.1) is 0 Å². The zero-order valence-corrected chi connectivity index (χ0v) is 14.2.